The number of nitrogens with one attached hydrogen (secondary N) is 2. The number of furan rings is 2. The number of sulfonamides is 1. The van der Waals surface area contributed by atoms with Gasteiger partial charge in [0.15, 0.2) is 17.2 Å². The monoisotopic (exact) mass is 569 g/mol. The summed E-state index contributed by atoms with van der Waals surface area (Å²) in [4.78, 5) is 17.4. The number of hydrogen-bond donors (Lipinski definition) is 2. The molecule has 0 radical (unpaired) electrons. The minimum Gasteiger partial charge on any atom is -0.463 e. The maximum Gasteiger partial charge on any atom is 0.263 e. The Morgan fingerprint density at radius 1 is 0.947 bits per heavy atom. The van der Waals surface area contributed by atoms with E-state index in [-0.39, 0.29) is 21.1 Å². The van der Waals surface area contributed by atoms with E-state index in [9.17, 15) is 13.2 Å². The summed E-state index contributed by atoms with van der Waals surface area (Å²) in [5.41, 5.74) is 1.28. The average Bonchev–Trinajstić information content (AvgIpc) is 3.68. The van der Waals surface area contributed by atoms with E-state index < -0.39 is 15.3 Å². The number of carbonyl (C=O) groups is 1. The van der Waals surface area contributed by atoms with Gasteiger partial charge in [0, 0.05) is 5.69 Å². The van der Waals surface area contributed by atoms with Gasteiger partial charge in [0.1, 0.15) is 10.7 Å². The van der Waals surface area contributed by atoms with Crippen molar-refractivity contribution in [3.05, 3.63) is 66.1 Å². The smallest absolute Gasteiger partial charge is 0.263 e. The summed E-state index contributed by atoms with van der Waals surface area (Å²) >= 11 is 2.24. The van der Waals surface area contributed by atoms with E-state index in [1.165, 1.54) is 36.8 Å². The van der Waals surface area contributed by atoms with E-state index in [2.05, 4.69) is 35.4 Å². The van der Waals surface area contributed by atoms with Crippen molar-refractivity contribution < 1.29 is 22.0 Å². The summed E-state index contributed by atoms with van der Waals surface area (Å²) < 4.78 is 38.5. The van der Waals surface area contributed by atoms with E-state index in [1.54, 1.807) is 38.1 Å². The van der Waals surface area contributed by atoms with E-state index in [0.29, 0.717) is 33.6 Å². The van der Waals surface area contributed by atoms with Crippen molar-refractivity contribution in [2.24, 2.45) is 0 Å². The summed E-state index contributed by atoms with van der Waals surface area (Å²) in [6.45, 7) is 3.42. The molecule has 0 saturated carbocycles. The van der Waals surface area contributed by atoms with Gasteiger partial charge in [-0.05, 0) is 62.4 Å². The number of nitrogens with zero attached hydrogens (tertiary/aromatic N) is 5. The Morgan fingerprint density at radius 2 is 1.63 bits per heavy atom. The van der Waals surface area contributed by atoms with Gasteiger partial charge in [0.05, 0.1) is 22.7 Å². The number of hydrogen-bond acceptors (Lipinski definition) is 12. The normalized spacial score (nSPS) is 12.3. The van der Waals surface area contributed by atoms with Crippen LogP contribution in [-0.2, 0) is 14.8 Å². The maximum atomic E-state index is 12.8. The largest absolute Gasteiger partial charge is 0.463 e. The van der Waals surface area contributed by atoms with Gasteiger partial charge in [-0.25, -0.2) is 13.4 Å². The molecule has 4 heterocycles. The number of benzene rings is 1. The van der Waals surface area contributed by atoms with Crippen molar-refractivity contribution in [2.75, 3.05) is 10.0 Å². The van der Waals surface area contributed by atoms with Gasteiger partial charge in [-0.3, -0.25) is 9.52 Å². The van der Waals surface area contributed by atoms with Crippen LogP contribution in [0.3, 0.4) is 0 Å². The van der Waals surface area contributed by atoms with Gasteiger partial charge in [-0.2, -0.15) is 0 Å². The lowest BCUT2D eigenvalue weighted by atomic mass is 10.2. The predicted octanol–water partition coefficient (Wildman–Crippen LogP) is 4.47. The standard InChI is InChI=1S/C23H19N7O5S3/c1-13(36-22-25-19(17-5-3-11-34-17)20(27-28-22)18-6-4-12-35-18)21(31)24-15-7-9-16(10-8-15)38(32,33)30-23-29-26-14(2)37-23/h3-13H,1-2H3,(H,24,31)(H,29,30). The number of aromatic nitrogens is 5. The molecule has 12 nitrogen and oxygen atoms in total. The summed E-state index contributed by atoms with van der Waals surface area (Å²) in [6, 6.07) is 12.7. The maximum absolute atomic E-state index is 12.8. The number of carbonyl (C=O) groups excluding carboxylic acids is 1. The van der Waals surface area contributed by atoms with Crippen molar-refractivity contribution >= 4 is 49.8 Å². The molecule has 1 unspecified atom stereocenters. The summed E-state index contributed by atoms with van der Waals surface area (Å²) in [6.07, 6.45) is 3.05. The molecule has 0 spiro atoms. The zero-order valence-corrected chi connectivity index (χ0v) is 22.3. The molecular weight excluding hydrogens is 550 g/mol. The fourth-order valence-corrected chi connectivity index (χ4v) is 5.75. The number of rotatable bonds is 9. The van der Waals surface area contributed by atoms with Crippen LogP contribution in [0.1, 0.15) is 11.9 Å². The predicted molar refractivity (Wildman–Crippen MR) is 141 cm³/mol. The second kappa shape index (κ2) is 10.7. The average molecular weight is 570 g/mol. The molecular formula is C23H19N7O5S3. The molecule has 15 heteroatoms. The first-order valence-corrected chi connectivity index (χ1v) is 14.2. The van der Waals surface area contributed by atoms with Gasteiger partial charge < -0.3 is 14.2 Å². The van der Waals surface area contributed by atoms with Crippen molar-refractivity contribution in [3.63, 3.8) is 0 Å². The van der Waals surface area contributed by atoms with Crippen LogP contribution < -0.4 is 10.0 Å². The Balaban J connectivity index is 1.26. The zero-order valence-electron chi connectivity index (χ0n) is 19.9. The SMILES string of the molecule is Cc1nnc(NS(=O)(=O)c2ccc(NC(=O)C(C)Sc3nnc(-c4ccco4)c(-c4ccco4)n3)cc2)s1. The van der Waals surface area contributed by atoms with Crippen LogP contribution in [-0.4, -0.2) is 45.0 Å². The van der Waals surface area contributed by atoms with Crippen LogP contribution >= 0.6 is 23.1 Å². The molecule has 5 aromatic rings. The fraction of sp³-hybridized carbons (Fsp3) is 0.130. The quantitative estimate of drug-likeness (QED) is 0.240. The second-order valence-electron chi connectivity index (χ2n) is 7.75. The van der Waals surface area contributed by atoms with Crippen molar-refractivity contribution in [3.8, 4) is 22.9 Å². The lowest BCUT2D eigenvalue weighted by Gasteiger charge is -2.12. The molecule has 38 heavy (non-hydrogen) atoms. The fourth-order valence-electron chi connectivity index (χ4n) is 3.21. The Labute approximate surface area is 225 Å². The number of thioether (sulfide) groups is 1. The van der Waals surface area contributed by atoms with Gasteiger partial charge in [-0.1, -0.05) is 23.1 Å². The highest BCUT2D eigenvalue weighted by atomic mass is 32.2. The molecule has 1 atom stereocenters. The first-order valence-electron chi connectivity index (χ1n) is 11.0. The molecule has 0 saturated heterocycles. The molecule has 0 fully saturated rings. The van der Waals surface area contributed by atoms with Crippen LogP contribution in [0.5, 0.6) is 0 Å². The number of amides is 1. The highest BCUT2D eigenvalue weighted by Crippen LogP contribution is 2.31. The lowest BCUT2D eigenvalue weighted by Crippen LogP contribution is -2.23. The Kier molecular flexibility index (Phi) is 7.22. The number of anilines is 2. The Bertz CT molecular complexity index is 1650. The molecule has 5 rings (SSSR count). The van der Waals surface area contributed by atoms with Crippen molar-refractivity contribution in [1.29, 1.82) is 0 Å². The third kappa shape index (κ3) is 5.74. The van der Waals surface area contributed by atoms with E-state index in [0.717, 1.165) is 23.1 Å². The van der Waals surface area contributed by atoms with Gasteiger partial charge >= 0.3 is 0 Å². The molecule has 1 aromatic carbocycles. The van der Waals surface area contributed by atoms with Crippen LogP contribution in [0.15, 0.2) is 79.9 Å². The van der Waals surface area contributed by atoms with Crippen LogP contribution in [0.25, 0.3) is 22.9 Å². The summed E-state index contributed by atoms with van der Waals surface area (Å²) in [5.74, 6) is 0.639. The lowest BCUT2D eigenvalue weighted by molar-refractivity contribution is -0.115. The van der Waals surface area contributed by atoms with Crippen molar-refractivity contribution in [1.82, 2.24) is 25.4 Å². The molecule has 0 aliphatic heterocycles. The Hall–Kier alpha value is -4.08. The summed E-state index contributed by atoms with van der Waals surface area (Å²) in [7, 11) is -3.84. The second-order valence-corrected chi connectivity index (χ2v) is 11.9. The van der Waals surface area contributed by atoms with Gasteiger partial charge in [0.2, 0.25) is 16.2 Å². The highest BCUT2D eigenvalue weighted by molar-refractivity contribution is 8.00. The molecule has 0 aliphatic rings. The third-order valence-electron chi connectivity index (χ3n) is 5.01. The first-order chi connectivity index (χ1) is 18.3. The van der Waals surface area contributed by atoms with Crippen LogP contribution in [0.4, 0.5) is 10.8 Å². The van der Waals surface area contributed by atoms with E-state index >= 15 is 0 Å². The third-order valence-corrected chi connectivity index (χ3v) is 8.20. The van der Waals surface area contributed by atoms with Crippen LogP contribution in [0, 0.1) is 6.92 Å². The van der Waals surface area contributed by atoms with Crippen molar-refractivity contribution in [2.45, 2.75) is 29.1 Å². The zero-order chi connectivity index (χ0) is 26.7. The van der Waals surface area contributed by atoms with Gasteiger partial charge in [-0.15, -0.1) is 20.4 Å². The molecule has 0 bridgehead atoms. The van der Waals surface area contributed by atoms with E-state index in [1.807, 2.05) is 0 Å². The topological polar surface area (TPSA) is 166 Å². The van der Waals surface area contributed by atoms with E-state index in [4.69, 9.17) is 8.83 Å². The van der Waals surface area contributed by atoms with Gasteiger partial charge in [0.25, 0.3) is 10.0 Å². The molecule has 1 amide bonds. The molecule has 2 N–H and O–H groups in total. The molecule has 0 aliphatic carbocycles. The molecule has 4 aromatic heterocycles. The summed E-state index contributed by atoms with van der Waals surface area (Å²) in [5, 5.41) is 19.2. The van der Waals surface area contributed by atoms with Crippen LogP contribution in [0.2, 0.25) is 0 Å². The minimum absolute atomic E-state index is 0.0207. The highest BCUT2D eigenvalue weighted by Gasteiger charge is 2.22. The Morgan fingerprint density at radius 3 is 2.24 bits per heavy atom. The number of aryl methyl sites for hydroxylation is 1. The molecule has 194 valence electrons. The minimum atomic E-state index is -3.84. The first kappa shape index (κ1) is 25.6.